The summed E-state index contributed by atoms with van der Waals surface area (Å²) in [5.74, 6) is 0. The molecule has 28 heavy (non-hydrogen) atoms. The lowest BCUT2D eigenvalue weighted by Crippen LogP contribution is -1.93. The highest BCUT2D eigenvalue weighted by Crippen LogP contribution is 2.49. The van der Waals surface area contributed by atoms with Crippen molar-refractivity contribution in [1.82, 2.24) is 0 Å². The van der Waals surface area contributed by atoms with Crippen molar-refractivity contribution in [2.45, 2.75) is 0 Å². The van der Waals surface area contributed by atoms with Crippen LogP contribution in [0.1, 0.15) is 0 Å². The quantitative estimate of drug-likeness (QED) is 0.191. The normalized spacial score (nSPS) is 13.0. The van der Waals surface area contributed by atoms with Crippen molar-refractivity contribution >= 4 is 75.4 Å². The van der Waals surface area contributed by atoms with Gasteiger partial charge in [0.2, 0.25) is 0 Å². The molecule has 0 saturated heterocycles. The van der Waals surface area contributed by atoms with Crippen molar-refractivity contribution in [3.63, 3.8) is 0 Å². The molecule has 0 heteroatoms. The van der Waals surface area contributed by atoms with Crippen molar-refractivity contribution in [2.24, 2.45) is 0 Å². The fourth-order valence-corrected chi connectivity index (χ4v) is 5.80. The third-order valence-electron chi connectivity index (χ3n) is 6.90. The van der Waals surface area contributed by atoms with E-state index in [-0.39, 0.29) is 0 Å². The first-order chi connectivity index (χ1) is 13.9. The molecule has 0 fully saturated rings. The van der Waals surface area contributed by atoms with E-state index in [1.165, 1.54) is 75.4 Å². The average Bonchev–Trinajstić information content (AvgIpc) is 2.77. The molecule has 0 spiro atoms. The SMILES string of the molecule is c1ccc2c(c1)c1ccc3c4cccc5ccc6ccc7c2cc1c3c7c6c54. The van der Waals surface area contributed by atoms with Gasteiger partial charge in [-0.2, -0.15) is 0 Å². The smallest absolute Gasteiger partial charge is 0.000763 e. The second kappa shape index (κ2) is 4.26. The van der Waals surface area contributed by atoms with Crippen LogP contribution in [0.25, 0.3) is 75.4 Å². The summed E-state index contributed by atoms with van der Waals surface area (Å²) in [6, 6.07) is 31.9. The predicted molar refractivity (Wildman–Crippen MR) is 123 cm³/mol. The Morgan fingerprint density at radius 2 is 0.857 bits per heavy atom. The van der Waals surface area contributed by atoms with Gasteiger partial charge in [-0.15, -0.1) is 0 Å². The molecule has 126 valence electrons. The highest BCUT2D eigenvalue weighted by Gasteiger charge is 2.20. The van der Waals surface area contributed by atoms with Crippen molar-refractivity contribution in [1.29, 1.82) is 0 Å². The lowest BCUT2D eigenvalue weighted by molar-refractivity contribution is 1.80. The van der Waals surface area contributed by atoms with Crippen molar-refractivity contribution in [3.8, 4) is 0 Å². The molecule has 0 nitrogen and oxygen atoms in total. The van der Waals surface area contributed by atoms with Crippen LogP contribution in [0, 0.1) is 0 Å². The maximum atomic E-state index is 2.43. The molecule has 0 N–H and O–H groups in total. The van der Waals surface area contributed by atoms with E-state index >= 15 is 0 Å². The molecule has 2 bridgehead atoms. The molecular weight excluding hydrogens is 336 g/mol. The minimum Gasteiger partial charge on any atom is -0.0616 e. The zero-order chi connectivity index (χ0) is 18.0. The van der Waals surface area contributed by atoms with Gasteiger partial charge in [-0.1, -0.05) is 78.9 Å². The highest BCUT2D eigenvalue weighted by molar-refractivity contribution is 6.45. The van der Waals surface area contributed by atoms with Crippen LogP contribution in [0.2, 0.25) is 0 Å². The summed E-state index contributed by atoms with van der Waals surface area (Å²) < 4.78 is 0. The molecule has 0 aliphatic heterocycles. The Morgan fingerprint density at radius 3 is 1.75 bits per heavy atom. The lowest BCUT2D eigenvalue weighted by Gasteiger charge is -2.21. The molecule has 8 aromatic carbocycles. The first-order valence-electron chi connectivity index (χ1n) is 9.88. The van der Waals surface area contributed by atoms with E-state index in [4.69, 9.17) is 0 Å². The summed E-state index contributed by atoms with van der Waals surface area (Å²) in [5, 5.41) is 19.4. The molecule has 0 heterocycles. The van der Waals surface area contributed by atoms with Crippen LogP contribution in [-0.2, 0) is 0 Å². The largest absolute Gasteiger partial charge is 0.0616 e. The molecule has 0 aliphatic carbocycles. The van der Waals surface area contributed by atoms with Crippen molar-refractivity contribution in [2.75, 3.05) is 0 Å². The monoisotopic (exact) mass is 350 g/mol. The standard InChI is InChI=1S/C28H14/c1-2-6-18-17(5-1)19-12-13-21-20-7-3-4-15-8-9-16-10-11-22-23(18)14-24(19)27(21)28(22)26(16)25(15)20/h1-14H. The van der Waals surface area contributed by atoms with Crippen LogP contribution in [0.5, 0.6) is 0 Å². The molecule has 0 radical (unpaired) electrons. The zero-order valence-electron chi connectivity index (χ0n) is 15.1. The predicted octanol–water partition coefficient (Wildman–Crippen LogP) is 8.07. The summed E-state index contributed by atoms with van der Waals surface area (Å²) in [5.41, 5.74) is 0. The van der Waals surface area contributed by atoms with Gasteiger partial charge >= 0.3 is 0 Å². The Morgan fingerprint density at radius 1 is 0.286 bits per heavy atom. The highest BCUT2D eigenvalue weighted by atomic mass is 14.2. The van der Waals surface area contributed by atoms with E-state index < -0.39 is 0 Å². The molecule has 0 aliphatic rings. The van der Waals surface area contributed by atoms with E-state index in [1.807, 2.05) is 0 Å². The Balaban J connectivity index is 1.92. The second-order valence-electron chi connectivity index (χ2n) is 8.11. The number of fused-ring (bicyclic) bond motifs is 6. The second-order valence-corrected chi connectivity index (χ2v) is 8.11. The minimum atomic E-state index is 1.34. The molecule has 8 rings (SSSR count). The Hall–Kier alpha value is -3.64. The van der Waals surface area contributed by atoms with Crippen LogP contribution in [-0.4, -0.2) is 0 Å². The Labute approximate surface area is 160 Å². The maximum Gasteiger partial charge on any atom is -0.000763 e. The van der Waals surface area contributed by atoms with Crippen molar-refractivity contribution < 1.29 is 0 Å². The molecular formula is C28H14. The van der Waals surface area contributed by atoms with Gasteiger partial charge in [0.15, 0.2) is 0 Å². The van der Waals surface area contributed by atoms with Gasteiger partial charge < -0.3 is 0 Å². The van der Waals surface area contributed by atoms with E-state index in [2.05, 4.69) is 84.9 Å². The van der Waals surface area contributed by atoms with E-state index in [1.54, 1.807) is 0 Å². The van der Waals surface area contributed by atoms with Crippen LogP contribution in [0.15, 0.2) is 84.9 Å². The summed E-state index contributed by atoms with van der Waals surface area (Å²) in [6.45, 7) is 0. The van der Waals surface area contributed by atoms with E-state index in [0.717, 1.165) is 0 Å². The number of hydrogen-bond acceptors (Lipinski definition) is 0. The fraction of sp³-hybridized carbons (Fsp3) is 0. The molecule has 0 amide bonds. The number of rotatable bonds is 0. The number of benzene rings is 8. The molecule has 0 aromatic heterocycles. The van der Waals surface area contributed by atoms with Crippen LogP contribution in [0.3, 0.4) is 0 Å². The van der Waals surface area contributed by atoms with Gasteiger partial charge in [0.05, 0.1) is 0 Å². The maximum absolute atomic E-state index is 2.43. The Bertz CT molecular complexity index is 1850. The van der Waals surface area contributed by atoms with Gasteiger partial charge in [0.25, 0.3) is 0 Å². The first-order valence-corrected chi connectivity index (χ1v) is 9.88. The van der Waals surface area contributed by atoms with E-state index in [0.29, 0.717) is 0 Å². The molecule has 0 atom stereocenters. The molecule has 8 aromatic rings. The minimum absolute atomic E-state index is 1.34. The summed E-state index contributed by atoms with van der Waals surface area (Å²) >= 11 is 0. The van der Waals surface area contributed by atoms with Gasteiger partial charge in [-0.3, -0.25) is 0 Å². The number of hydrogen-bond donors (Lipinski definition) is 0. The summed E-state index contributed by atoms with van der Waals surface area (Å²) in [4.78, 5) is 0. The average molecular weight is 350 g/mol. The van der Waals surface area contributed by atoms with Crippen molar-refractivity contribution in [3.05, 3.63) is 84.9 Å². The van der Waals surface area contributed by atoms with Crippen LogP contribution >= 0.6 is 0 Å². The van der Waals surface area contributed by atoms with Gasteiger partial charge in [-0.05, 0) is 81.5 Å². The van der Waals surface area contributed by atoms with Gasteiger partial charge in [0.1, 0.15) is 0 Å². The van der Waals surface area contributed by atoms with E-state index in [9.17, 15) is 0 Å². The van der Waals surface area contributed by atoms with Gasteiger partial charge in [-0.25, -0.2) is 0 Å². The molecule has 0 saturated carbocycles. The summed E-state index contributed by atoms with van der Waals surface area (Å²) in [7, 11) is 0. The fourth-order valence-electron chi connectivity index (χ4n) is 5.80. The third kappa shape index (κ3) is 1.31. The zero-order valence-corrected chi connectivity index (χ0v) is 15.1. The first kappa shape index (κ1) is 13.5. The van der Waals surface area contributed by atoms with Gasteiger partial charge in [0, 0.05) is 0 Å². The summed E-state index contributed by atoms with van der Waals surface area (Å²) in [6.07, 6.45) is 0. The Kier molecular flexibility index (Phi) is 2.06. The lowest BCUT2D eigenvalue weighted by atomic mass is 9.82. The van der Waals surface area contributed by atoms with Crippen LogP contribution in [0.4, 0.5) is 0 Å². The van der Waals surface area contributed by atoms with Crippen LogP contribution < -0.4 is 0 Å². The third-order valence-corrected chi connectivity index (χ3v) is 6.90. The molecule has 0 unspecified atom stereocenters. The topological polar surface area (TPSA) is 0 Å².